The maximum absolute atomic E-state index is 5.31. The summed E-state index contributed by atoms with van der Waals surface area (Å²) in [5.41, 5.74) is 0. The highest BCUT2D eigenvalue weighted by Gasteiger charge is 2.06. The van der Waals surface area contributed by atoms with Crippen molar-refractivity contribution in [2.75, 3.05) is 13.7 Å². The number of methoxy groups -OCH3 is 1. The second-order valence-electron chi connectivity index (χ2n) is 2.25. The van der Waals surface area contributed by atoms with Crippen LogP contribution in [-0.2, 0) is 14.2 Å². The minimum absolute atomic E-state index is 0.0305. The quantitative estimate of drug-likeness (QED) is 0.436. The van der Waals surface area contributed by atoms with E-state index in [1.54, 1.807) is 7.11 Å². The molecular formula is C8H16O3. The lowest BCUT2D eigenvalue weighted by Gasteiger charge is -2.16. The zero-order valence-electron chi connectivity index (χ0n) is 7.37. The van der Waals surface area contributed by atoms with Gasteiger partial charge in [-0.05, 0) is 13.8 Å². The fourth-order valence-corrected chi connectivity index (χ4v) is 0.626. The first-order valence-corrected chi connectivity index (χ1v) is 3.61. The molecule has 0 heterocycles. The van der Waals surface area contributed by atoms with Crippen molar-refractivity contribution in [2.24, 2.45) is 0 Å². The monoisotopic (exact) mass is 160 g/mol. The highest BCUT2D eigenvalue weighted by molar-refractivity contribution is 4.53. The van der Waals surface area contributed by atoms with Crippen molar-refractivity contribution in [1.29, 1.82) is 0 Å². The summed E-state index contributed by atoms with van der Waals surface area (Å²) in [7, 11) is 1.60. The molecule has 0 aliphatic heterocycles. The second-order valence-corrected chi connectivity index (χ2v) is 2.25. The summed E-state index contributed by atoms with van der Waals surface area (Å²) < 4.78 is 15.1. The van der Waals surface area contributed by atoms with Gasteiger partial charge < -0.3 is 14.2 Å². The largest absolute Gasteiger partial charge is 0.499 e. The zero-order valence-corrected chi connectivity index (χ0v) is 7.37. The van der Waals surface area contributed by atoms with E-state index in [2.05, 4.69) is 6.58 Å². The molecule has 3 nitrogen and oxygen atoms in total. The molecule has 0 spiro atoms. The third kappa shape index (κ3) is 5.88. The molecule has 11 heavy (non-hydrogen) atoms. The van der Waals surface area contributed by atoms with Gasteiger partial charge in [0.2, 0.25) is 0 Å². The molecule has 0 aromatic carbocycles. The minimum Gasteiger partial charge on any atom is -0.499 e. The molecule has 0 saturated heterocycles. The molecule has 0 aliphatic rings. The highest BCUT2D eigenvalue weighted by atomic mass is 16.7. The molecule has 0 aromatic heterocycles. The molecule has 0 fully saturated rings. The maximum Gasteiger partial charge on any atom is 0.154 e. The first kappa shape index (κ1) is 10.5. The fraction of sp³-hybridized carbons (Fsp3) is 0.750. The normalized spacial score (nSPS) is 15.5. The average Bonchev–Trinajstić information content (AvgIpc) is 2.00. The maximum atomic E-state index is 5.31. The van der Waals surface area contributed by atoms with Gasteiger partial charge in [0.25, 0.3) is 0 Å². The van der Waals surface area contributed by atoms with Crippen LogP contribution in [0, 0.1) is 0 Å². The summed E-state index contributed by atoms with van der Waals surface area (Å²) in [6.07, 6.45) is 1.25. The Morgan fingerprint density at radius 1 is 1.45 bits per heavy atom. The third-order valence-corrected chi connectivity index (χ3v) is 1.20. The van der Waals surface area contributed by atoms with Crippen LogP contribution in [0.4, 0.5) is 0 Å². The average molecular weight is 160 g/mol. The van der Waals surface area contributed by atoms with Crippen molar-refractivity contribution in [1.82, 2.24) is 0 Å². The lowest BCUT2D eigenvalue weighted by atomic mass is 10.4. The molecule has 2 atom stereocenters. The predicted octanol–water partition coefficient (Wildman–Crippen LogP) is 1.54. The molecular weight excluding hydrogens is 144 g/mol. The Bertz CT molecular complexity index is 104. The lowest BCUT2D eigenvalue weighted by Crippen LogP contribution is -2.22. The van der Waals surface area contributed by atoms with Crippen LogP contribution in [0.2, 0.25) is 0 Å². The van der Waals surface area contributed by atoms with Gasteiger partial charge in [-0.25, -0.2) is 0 Å². The van der Waals surface area contributed by atoms with Crippen molar-refractivity contribution in [3.8, 4) is 0 Å². The van der Waals surface area contributed by atoms with Gasteiger partial charge in [0.1, 0.15) is 6.61 Å². The summed E-state index contributed by atoms with van der Waals surface area (Å²) in [5, 5.41) is 0. The third-order valence-electron chi connectivity index (χ3n) is 1.20. The van der Waals surface area contributed by atoms with Crippen LogP contribution in [0.1, 0.15) is 13.8 Å². The van der Waals surface area contributed by atoms with Gasteiger partial charge in [-0.3, -0.25) is 0 Å². The van der Waals surface area contributed by atoms with Crippen LogP contribution >= 0.6 is 0 Å². The first-order chi connectivity index (χ1) is 5.20. The summed E-state index contributed by atoms with van der Waals surface area (Å²) >= 11 is 0. The molecule has 0 aliphatic carbocycles. The van der Waals surface area contributed by atoms with Crippen LogP contribution in [0.5, 0.6) is 0 Å². The number of ether oxygens (including phenoxy) is 3. The predicted molar refractivity (Wildman–Crippen MR) is 43.2 cm³/mol. The summed E-state index contributed by atoms with van der Waals surface area (Å²) in [4.78, 5) is 0. The van der Waals surface area contributed by atoms with E-state index >= 15 is 0 Å². The topological polar surface area (TPSA) is 27.7 Å². The van der Waals surface area contributed by atoms with E-state index in [0.717, 1.165) is 0 Å². The van der Waals surface area contributed by atoms with E-state index in [4.69, 9.17) is 14.2 Å². The van der Waals surface area contributed by atoms with Gasteiger partial charge >= 0.3 is 0 Å². The van der Waals surface area contributed by atoms with Gasteiger partial charge in [-0.1, -0.05) is 6.58 Å². The summed E-state index contributed by atoms with van der Waals surface area (Å²) in [6.45, 7) is 7.69. The van der Waals surface area contributed by atoms with Crippen molar-refractivity contribution >= 4 is 0 Å². The molecule has 0 rings (SSSR count). The summed E-state index contributed by atoms with van der Waals surface area (Å²) in [6, 6.07) is 0. The Balaban J connectivity index is 3.34. The van der Waals surface area contributed by atoms with Crippen LogP contribution in [-0.4, -0.2) is 26.1 Å². The zero-order chi connectivity index (χ0) is 8.69. The molecule has 0 amide bonds. The molecule has 0 bridgehead atoms. The van der Waals surface area contributed by atoms with Crippen LogP contribution in [0.25, 0.3) is 0 Å². The van der Waals surface area contributed by atoms with Crippen molar-refractivity contribution in [3.05, 3.63) is 12.8 Å². The number of hydrogen-bond donors (Lipinski definition) is 0. The molecule has 2 unspecified atom stereocenters. The smallest absolute Gasteiger partial charge is 0.154 e. The molecule has 0 N–H and O–H groups in total. The van der Waals surface area contributed by atoms with Crippen LogP contribution in [0.15, 0.2) is 12.8 Å². The van der Waals surface area contributed by atoms with Crippen LogP contribution in [0.3, 0.4) is 0 Å². The molecule has 3 heteroatoms. The van der Waals surface area contributed by atoms with Crippen molar-refractivity contribution in [3.63, 3.8) is 0 Å². The molecule has 66 valence electrons. The van der Waals surface area contributed by atoms with Gasteiger partial charge in [-0.15, -0.1) is 0 Å². The Morgan fingerprint density at radius 3 is 2.55 bits per heavy atom. The van der Waals surface area contributed by atoms with E-state index in [1.807, 2.05) is 13.8 Å². The van der Waals surface area contributed by atoms with Gasteiger partial charge in [0.05, 0.1) is 12.4 Å². The van der Waals surface area contributed by atoms with E-state index < -0.39 is 0 Å². The highest BCUT2D eigenvalue weighted by Crippen LogP contribution is 1.98. The first-order valence-electron chi connectivity index (χ1n) is 3.61. The Kier molecular flexibility index (Phi) is 5.88. The molecule has 0 saturated carbocycles. The van der Waals surface area contributed by atoms with E-state index in [1.165, 1.54) is 6.26 Å². The number of rotatable bonds is 6. The minimum atomic E-state index is -0.182. The van der Waals surface area contributed by atoms with Crippen molar-refractivity contribution < 1.29 is 14.2 Å². The van der Waals surface area contributed by atoms with E-state index in [-0.39, 0.29) is 12.4 Å². The SMILES string of the molecule is C=COCC(C)OC(C)OC. The standard InChI is InChI=1S/C8H16O3/c1-5-10-6-7(2)11-8(3)9-4/h5,7-8H,1,6H2,2-4H3. The van der Waals surface area contributed by atoms with Gasteiger partial charge in [0.15, 0.2) is 6.29 Å². The Labute approximate surface area is 67.9 Å². The van der Waals surface area contributed by atoms with Gasteiger partial charge in [-0.2, -0.15) is 0 Å². The molecule has 0 radical (unpaired) electrons. The van der Waals surface area contributed by atoms with Gasteiger partial charge in [0, 0.05) is 7.11 Å². The van der Waals surface area contributed by atoms with E-state index in [0.29, 0.717) is 6.61 Å². The Hall–Kier alpha value is -0.540. The van der Waals surface area contributed by atoms with E-state index in [9.17, 15) is 0 Å². The Morgan fingerprint density at radius 2 is 2.09 bits per heavy atom. The fourth-order valence-electron chi connectivity index (χ4n) is 0.626. The second kappa shape index (κ2) is 6.19. The lowest BCUT2D eigenvalue weighted by molar-refractivity contribution is -0.148. The molecule has 0 aromatic rings. The van der Waals surface area contributed by atoms with Crippen LogP contribution < -0.4 is 0 Å². The number of hydrogen-bond acceptors (Lipinski definition) is 3. The summed E-state index contributed by atoms with van der Waals surface area (Å²) in [5.74, 6) is 0. The van der Waals surface area contributed by atoms with Crippen molar-refractivity contribution in [2.45, 2.75) is 26.2 Å².